The molecule has 0 bridgehead atoms. The molecule has 1 aliphatic carbocycles. The molecule has 11 heteroatoms. The highest BCUT2D eigenvalue weighted by molar-refractivity contribution is 6.02. The van der Waals surface area contributed by atoms with Crippen LogP contribution in [0.3, 0.4) is 0 Å². The van der Waals surface area contributed by atoms with E-state index in [2.05, 4.69) is 4.98 Å². The smallest absolute Gasteiger partial charge is 0.387 e. The molecule has 1 aliphatic rings. The second-order valence-electron chi connectivity index (χ2n) is 8.08. The van der Waals surface area contributed by atoms with Crippen molar-refractivity contribution < 1.29 is 36.6 Å². The van der Waals surface area contributed by atoms with Crippen molar-refractivity contribution in [3.8, 4) is 28.5 Å². The van der Waals surface area contributed by atoms with Crippen LogP contribution in [-0.2, 0) is 0 Å². The van der Waals surface area contributed by atoms with Crippen LogP contribution in [0.25, 0.3) is 16.9 Å². The average Bonchev–Trinajstić information content (AvgIpc) is 3.51. The Bertz CT molecular complexity index is 1190. The van der Waals surface area contributed by atoms with Crippen LogP contribution in [0.5, 0.6) is 17.2 Å². The number of fused-ring (bicyclic) bond motifs is 1. The molecule has 0 spiro atoms. The summed E-state index contributed by atoms with van der Waals surface area (Å²) < 4.78 is 69.8. The van der Waals surface area contributed by atoms with Crippen molar-refractivity contribution in [3.05, 3.63) is 42.2 Å². The van der Waals surface area contributed by atoms with Crippen molar-refractivity contribution in [2.45, 2.75) is 31.8 Å². The van der Waals surface area contributed by atoms with Crippen LogP contribution in [0.1, 0.15) is 29.6 Å². The molecule has 4 rings (SSSR count). The van der Waals surface area contributed by atoms with E-state index >= 15 is 0 Å². The Morgan fingerprint density at radius 2 is 2.00 bits per heavy atom. The first kappa shape index (κ1) is 23.8. The fraction of sp³-hybridized carbons (Fsp3) is 0.391. The van der Waals surface area contributed by atoms with Gasteiger partial charge in [-0.2, -0.15) is 8.78 Å². The molecule has 1 fully saturated rings. The highest BCUT2D eigenvalue weighted by Crippen LogP contribution is 2.40. The maximum atomic E-state index is 13.4. The van der Waals surface area contributed by atoms with E-state index in [4.69, 9.17) is 19.9 Å². The molecular weight excluding hydrogens is 458 g/mol. The number of ketones is 1. The van der Waals surface area contributed by atoms with Crippen LogP contribution in [0.2, 0.25) is 0 Å². The lowest BCUT2D eigenvalue weighted by Crippen LogP contribution is -2.34. The minimum Gasteiger partial charge on any atom is -0.496 e. The third-order valence-corrected chi connectivity index (χ3v) is 5.48. The zero-order valence-corrected chi connectivity index (χ0v) is 18.3. The lowest BCUT2D eigenvalue weighted by atomic mass is 10.00. The summed E-state index contributed by atoms with van der Waals surface area (Å²) in [5.41, 5.74) is 6.25. The van der Waals surface area contributed by atoms with E-state index in [-0.39, 0.29) is 40.9 Å². The third-order valence-electron chi connectivity index (χ3n) is 5.48. The number of carbonyl (C=O) groups excluding carboxylic acids is 1. The van der Waals surface area contributed by atoms with Crippen molar-refractivity contribution >= 4 is 11.4 Å². The molecule has 2 N–H and O–H groups in total. The number of hydrogen-bond acceptors (Lipinski definition) is 6. The Morgan fingerprint density at radius 3 is 2.65 bits per heavy atom. The molecule has 0 atom stereocenters. The number of rotatable bonds is 11. The highest BCUT2D eigenvalue weighted by atomic mass is 19.3. The summed E-state index contributed by atoms with van der Waals surface area (Å²) in [6.45, 7) is -4.86. The summed E-state index contributed by atoms with van der Waals surface area (Å²) in [6.07, 6.45) is 5.10. The van der Waals surface area contributed by atoms with Gasteiger partial charge >= 0.3 is 6.61 Å². The number of ether oxygens (including phenoxy) is 3. The number of imidazole rings is 1. The predicted molar refractivity (Wildman–Crippen MR) is 115 cm³/mol. The molecule has 182 valence electrons. The van der Waals surface area contributed by atoms with E-state index in [1.807, 2.05) is 0 Å². The first-order valence-electron chi connectivity index (χ1n) is 10.6. The first-order chi connectivity index (χ1) is 16.2. The number of methoxy groups -OCH3 is 1. The Hall–Kier alpha value is -3.34. The van der Waals surface area contributed by atoms with E-state index in [0.29, 0.717) is 16.9 Å². The Morgan fingerprint density at radius 1 is 1.26 bits per heavy atom. The van der Waals surface area contributed by atoms with Crippen molar-refractivity contribution in [2.24, 2.45) is 11.7 Å². The Balaban J connectivity index is 1.70. The van der Waals surface area contributed by atoms with Crippen molar-refractivity contribution in [1.82, 2.24) is 9.38 Å². The second kappa shape index (κ2) is 9.49. The minimum atomic E-state index is -3.16. The first-order valence-corrected chi connectivity index (χ1v) is 10.6. The molecule has 0 aliphatic heterocycles. The predicted octanol–water partition coefficient (Wildman–Crippen LogP) is 4.57. The standard InChI is InChI=1S/C23H23F4N3O4/c1-32-18-7-14(8-19(34-22(24)25)21(18)17(31)6-13-2-3-13)16-10-29-20-9-15(4-5-30(16)20)33-12-23(26,27)11-28/h4-5,7-10,13,22H,2-3,6,11-12,28H2,1H3. The van der Waals surface area contributed by atoms with Gasteiger partial charge < -0.3 is 19.9 Å². The summed E-state index contributed by atoms with van der Waals surface area (Å²) in [5, 5.41) is 0. The maximum absolute atomic E-state index is 13.4. The summed E-state index contributed by atoms with van der Waals surface area (Å²) in [7, 11) is 1.34. The molecule has 34 heavy (non-hydrogen) atoms. The van der Waals surface area contributed by atoms with Gasteiger partial charge in [-0.05, 0) is 37.0 Å². The number of alkyl halides is 4. The maximum Gasteiger partial charge on any atom is 0.387 e. The normalized spacial score (nSPS) is 14.0. The van der Waals surface area contributed by atoms with E-state index in [1.54, 1.807) is 16.7 Å². The van der Waals surface area contributed by atoms with Gasteiger partial charge in [0.15, 0.2) is 12.4 Å². The molecule has 2 heterocycles. The molecule has 0 radical (unpaired) electrons. The van der Waals surface area contributed by atoms with Gasteiger partial charge in [-0.25, -0.2) is 13.8 Å². The van der Waals surface area contributed by atoms with Gasteiger partial charge in [0, 0.05) is 24.2 Å². The van der Waals surface area contributed by atoms with E-state index in [0.717, 1.165) is 12.8 Å². The van der Waals surface area contributed by atoms with Gasteiger partial charge in [0.05, 0.1) is 25.5 Å². The Labute approximate surface area is 192 Å². The number of aromatic nitrogens is 2. The molecular formula is C23H23F4N3O4. The number of benzene rings is 1. The van der Waals surface area contributed by atoms with Crippen LogP contribution >= 0.6 is 0 Å². The third kappa shape index (κ3) is 5.24. The van der Waals surface area contributed by atoms with Gasteiger partial charge in [0.2, 0.25) is 0 Å². The number of carbonyl (C=O) groups is 1. The average molecular weight is 481 g/mol. The molecule has 3 aromatic rings. The van der Waals surface area contributed by atoms with Crippen LogP contribution in [0.4, 0.5) is 17.6 Å². The van der Waals surface area contributed by atoms with E-state index in [1.165, 1.54) is 31.5 Å². The molecule has 0 amide bonds. The number of nitrogens with two attached hydrogens (primary N) is 1. The summed E-state index contributed by atoms with van der Waals surface area (Å²) in [5.74, 6) is -3.25. The van der Waals surface area contributed by atoms with Gasteiger partial charge in [-0.15, -0.1) is 0 Å². The summed E-state index contributed by atoms with van der Waals surface area (Å²) >= 11 is 0. The van der Waals surface area contributed by atoms with Gasteiger partial charge in [-0.1, -0.05) is 0 Å². The van der Waals surface area contributed by atoms with Gasteiger partial charge in [-0.3, -0.25) is 9.20 Å². The number of pyridine rings is 1. The number of nitrogens with zero attached hydrogens (tertiary/aromatic N) is 2. The molecule has 0 unspecified atom stereocenters. The number of hydrogen-bond donors (Lipinski definition) is 1. The summed E-state index contributed by atoms with van der Waals surface area (Å²) in [4.78, 5) is 17.0. The van der Waals surface area contributed by atoms with Gasteiger partial charge in [0.1, 0.15) is 28.5 Å². The topological polar surface area (TPSA) is 88.1 Å². The lowest BCUT2D eigenvalue weighted by Gasteiger charge is -2.16. The largest absolute Gasteiger partial charge is 0.496 e. The molecule has 0 saturated heterocycles. The minimum absolute atomic E-state index is 0.0243. The lowest BCUT2D eigenvalue weighted by molar-refractivity contribution is -0.0502. The van der Waals surface area contributed by atoms with Crippen LogP contribution in [0.15, 0.2) is 36.7 Å². The number of halogens is 4. The van der Waals surface area contributed by atoms with Gasteiger partial charge in [0.25, 0.3) is 5.92 Å². The SMILES string of the molecule is COc1cc(-c2cnc3cc(OCC(F)(F)CN)ccn23)cc(OC(F)F)c1C(=O)CC1CC1. The van der Waals surface area contributed by atoms with Crippen molar-refractivity contribution in [2.75, 3.05) is 20.3 Å². The molecule has 1 saturated carbocycles. The van der Waals surface area contributed by atoms with E-state index < -0.39 is 25.7 Å². The van der Waals surface area contributed by atoms with E-state index in [9.17, 15) is 22.4 Å². The summed E-state index contributed by atoms with van der Waals surface area (Å²) in [6, 6.07) is 5.81. The fourth-order valence-electron chi connectivity index (χ4n) is 3.56. The molecule has 2 aromatic heterocycles. The van der Waals surface area contributed by atoms with Crippen LogP contribution in [0, 0.1) is 5.92 Å². The monoisotopic (exact) mass is 481 g/mol. The molecule has 7 nitrogen and oxygen atoms in total. The Kier molecular flexibility index (Phi) is 6.65. The van der Waals surface area contributed by atoms with Crippen LogP contribution < -0.4 is 19.9 Å². The van der Waals surface area contributed by atoms with Crippen molar-refractivity contribution in [3.63, 3.8) is 0 Å². The molecule has 1 aromatic carbocycles. The zero-order valence-electron chi connectivity index (χ0n) is 18.3. The number of Topliss-reactive ketones (excluding diaryl/α,β-unsaturated/α-hetero) is 1. The second-order valence-corrected chi connectivity index (χ2v) is 8.08. The quantitative estimate of drug-likeness (QED) is 0.319. The highest BCUT2D eigenvalue weighted by Gasteiger charge is 2.30. The fourth-order valence-corrected chi connectivity index (χ4v) is 3.56. The zero-order chi connectivity index (χ0) is 24.5. The van der Waals surface area contributed by atoms with Crippen molar-refractivity contribution in [1.29, 1.82) is 0 Å². The van der Waals surface area contributed by atoms with Crippen LogP contribution in [-0.4, -0.2) is 48.0 Å².